The van der Waals surface area contributed by atoms with Crippen LogP contribution in [0.15, 0.2) is 42.0 Å². The summed E-state index contributed by atoms with van der Waals surface area (Å²) in [6, 6.07) is 7.88. The molecule has 0 spiro atoms. The lowest BCUT2D eigenvalue weighted by molar-refractivity contribution is 0.355. The minimum atomic E-state index is 0.691. The maximum atomic E-state index is 5.44. The summed E-state index contributed by atoms with van der Waals surface area (Å²) in [5.41, 5.74) is 4.23. The van der Waals surface area contributed by atoms with Crippen molar-refractivity contribution in [2.45, 2.75) is 20.8 Å². The molecule has 1 heterocycles. The molecule has 1 N–H and O–H groups in total. The normalized spacial score (nSPS) is 11.2. The summed E-state index contributed by atoms with van der Waals surface area (Å²) < 4.78 is 12.7. The average Bonchev–Trinajstić information content (AvgIpc) is 2.95. The van der Waals surface area contributed by atoms with Gasteiger partial charge < -0.3 is 14.8 Å². The van der Waals surface area contributed by atoms with E-state index in [4.69, 9.17) is 9.47 Å². The van der Waals surface area contributed by atoms with Crippen LogP contribution in [0.2, 0.25) is 0 Å². The van der Waals surface area contributed by atoms with E-state index < -0.39 is 0 Å². The van der Waals surface area contributed by atoms with Gasteiger partial charge in [0.25, 0.3) is 0 Å². The van der Waals surface area contributed by atoms with Crippen LogP contribution in [0.5, 0.6) is 11.5 Å². The Kier molecular flexibility index (Phi) is 5.68. The van der Waals surface area contributed by atoms with E-state index in [9.17, 15) is 0 Å². The van der Waals surface area contributed by atoms with Crippen molar-refractivity contribution in [3.8, 4) is 11.5 Å². The standard InChI is InChI=1S/C19H25N3O2/c1-13(2)7-9-16(22-14(3)11-19(20-4)21-22)15-8-10-17(23-5)18(12-15)24-6/h7-12H,1-6H3,(H,20,21)/b16-9-. The zero-order valence-electron chi connectivity index (χ0n) is 15.2. The molecule has 0 atom stereocenters. The highest BCUT2D eigenvalue weighted by atomic mass is 16.5. The Labute approximate surface area is 143 Å². The van der Waals surface area contributed by atoms with Gasteiger partial charge in [-0.1, -0.05) is 11.6 Å². The summed E-state index contributed by atoms with van der Waals surface area (Å²) in [7, 11) is 5.13. The maximum absolute atomic E-state index is 5.44. The highest BCUT2D eigenvalue weighted by Gasteiger charge is 2.13. The zero-order chi connectivity index (χ0) is 17.7. The Balaban J connectivity index is 2.61. The van der Waals surface area contributed by atoms with Crippen molar-refractivity contribution in [2.24, 2.45) is 0 Å². The predicted octanol–water partition coefficient (Wildman–Crippen LogP) is 4.11. The molecule has 0 aliphatic heterocycles. The Hall–Kier alpha value is -2.69. The van der Waals surface area contributed by atoms with Crippen LogP contribution in [0, 0.1) is 6.92 Å². The molecule has 128 valence electrons. The number of ether oxygens (including phenoxy) is 2. The molecule has 0 saturated heterocycles. The van der Waals surface area contributed by atoms with E-state index in [-0.39, 0.29) is 0 Å². The molecule has 2 rings (SSSR count). The second-order valence-corrected chi connectivity index (χ2v) is 5.70. The second kappa shape index (κ2) is 7.73. The van der Waals surface area contributed by atoms with Gasteiger partial charge >= 0.3 is 0 Å². The van der Waals surface area contributed by atoms with Crippen LogP contribution in [0.3, 0.4) is 0 Å². The molecule has 1 aromatic carbocycles. The highest BCUT2D eigenvalue weighted by molar-refractivity contribution is 5.70. The molecule has 0 fully saturated rings. The van der Waals surface area contributed by atoms with Crippen LogP contribution in [0.25, 0.3) is 5.70 Å². The first-order valence-corrected chi connectivity index (χ1v) is 7.82. The molecule has 0 aliphatic rings. The van der Waals surface area contributed by atoms with Crippen molar-refractivity contribution in [2.75, 3.05) is 26.6 Å². The quantitative estimate of drug-likeness (QED) is 0.811. The minimum absolute atomic E-state index is 0.691. The van der Waals surface area contributed by atoms with E-state index in [0.717, 1.165) is 22.8 Å². The lowest BCUT2D eigenvalue weighted by Gasteiger charge is -2.13. The van der Waals surface area contributed by atoms with Crippen molar-refractivity contribution in [3.05, 3.63) is 53.2 Å². The topological polar surface area (TPSA) is 48.3 Å². The Bertz CT molecular complexity index is 769. The predicted molar refractivity (Wildman–Crippen MR) is 98.9 cm³/mol. The number of methoxy groups -OCH3 is 2. The van der Waals surface area contributed by atoms with E-state index in [1.807, 2.05) is 42.9 Å². The maximum Gasteiger partial charge on any atom is 0.161 e. The molecular formula is C19H25N3O2. The molecule has 1 aromatic heterocycles. The van der Waals surface area contributed by atoms with E-state index >= 15 is 0 Å². The molecule has 0 radical (unpaired) electrons. The lowest BCUT2D eigenvalue weighted by atomic mass is 10.1. The smallest absolute Gasteiger partial charge is 0.161 e. The van der Waals surface area contributed by atoms with E-state index in [2.05, 4.69) is 36.4 Å². The molecule has 0 aliphatic carbocycles. The number of anilines is 1. The third-order valence-electron chi connectivity index (χ3n) is 3.63. The number of rotatable bonds is 6. The fraction of sp³-hybridized carbons (Fsp3) is 0.316. The summed E-state index contributed by atoms with van der Waals surface area (Å²) in [4.78, 5) is 0. The van der Waals surface area contributed by atoms with Gasteiger partial charge in [0.2, 0.25) is 0 Å². The van der Waals surface area contributed by atoms with Crippen LogP contribution in [-0.2, 0) is 0 Å². The second-order valence-electron chi connectivity index (χ2n) is 5.70. The van der Waals surface area contributed by atoms with Gasteiger partial charge in [-0.25, -0.2) is 4.68 Å². The number of hydrogen-bond donors (Lipinski definition) is 1. The molecule has 2 aromatic rings. The van der Waals surface area contributed by atoms with Crippen LogP contribution in [0.1, 0.15) is 25.1 Å². The summed E-state index contributed by atoms with van der Waals surface area (Å²) >= 11 is 0. The van der Waals surface area contributed by atoms with Gasteiger partial charge in [-0.3, -0.25) is 0 Å². The number of aryl methyl sites for hydroxylation is 1. The van der Waals surface area contributed by atoms with Gasteiger partial charge in [-0.05, 0) is 45.0 Å². The number of aromatic nitrogens is 2. The Morgan fingerprint density at radius 3 is 2.33 bits per heavy atom. The highest BCUT2D eigenvalue weighted by Crippen LogP contribution is 2.31. The SMILES string of the molecule is CNc1cc(C)n(/C(=C\C=C(C)C)c2ccc(OC)c(OC)c2)n1. The fourth-order valence-electron chi connectivity index (χ4n) is 2.37. The van der Waals surface area contributed by atoms with Gasteiger partial charge in [0.05, 0.1) is 19.9 Å². The molecule has 5 nitrogen and oxygen atoms in total. The first-order chi connectivity index (χ1) is 11.5. The Morgan fingerprint density at radius 2 is 1.79 bits per heavy atom. The molecule has 5 heteroatoms. The third kappa shape index (κ3) is 3.79. The molecule has 24 heavy (non-hydrogen) atoms. The monoisotopic (exact) mass is 327 g/mol. The van der Waals surface area contributed by atoms with E-state index in [1.165, 1.54) is 5.57 Å². The van der Waals surface area contributed by atoms with Crippen LogP contribution in [-0.4, -0.2) is 31.0 Å². The van der Waals surface area contributed by atoms with Crippen LogP contribution < -0.4 is 14.8 Å². The molecule has 0 amide bonds. The number of allylic oxidation sites excluding steroid dienone is 3. The number of hydrogen-bond acceptors (Lipinski definition) is 4. The van der Waals surface area contributed by atoms with Crippen molar-refractivity contribution in [1.82, 2.24) is 9.78 Å². The zero-order valence-corrected chi connectivity index (χ0v) is 15.2. The fourth-order valence-corrected chi connectivity index (χ4v) is 2.37. The number of benzene rings is 1. The summed E-state index contributed by atoms with van der Waals surface area (Å²) in [6.07, 6.45) is 4.14. The number of nitrogens with one attached hydrogen (secondary N) is 1. The lowest BCUT2D eigenvalue weighted by Crippen LogP contribution is -2.04. The van der Waals surface area contributed by atoms with E-state index in [1.54, 1.807) is 14.2 Å². The van der Waals surface area contributed by atoms with Gasteiger partial charge in [0, 0.05) is 24.4 Å². The van der Waals surface area contributed by atoms with Crippen LogP contribution in [0.4, 0.5) is 5.82 Å². The summed E-state index contributed by atoms with van der Waals surface area (Å²) in [5, 5.41) is 7.70. The first kappa shape index (κ1) is 17.7. The minimum Gasteiger partial charge on any atom is -0.493 e. The van der Waals surface area contributed by atoms with Crippen molar-refractivity contribution < 1.29 is 9.47 Å². The first-order valence-electron chi connectivity index (χ1n) is 7.82. The molecule has 0 bridgehead atoms. The van der Waals surface area contributed by atoms with Crippen LogP contribution >= 0.6 is 0 Å². The van der Waals surface area contributed by atoms with E-state index in [0.29, 0.717) is 11.5 Å². The van der Waals surface area contributed by atoms with Crippen molar-refractivity contribution >= 4 is 11.5 Å². The van der Waals surface area contributed by atoms with Crippen molar-refractivity contribution in [3.63, 3.8) is 0 Å². The third-order valence-corrected chi connectivity index (χ3v) is 3.63. The molecular weight excluding hydrogens is 302 g/mol. The molecule has 0 unspecified atom stereocenters. The Morgan fingerprint density at radius 1 is 1.08 bits per heavy atom. The van der Waals surface area contributed by atoms with Gasteiger partial charge in [-0.15, -0.1) is 0 Å². The summed E-state index contributed by atoms with van der Waals surface area (Å²) in [5.74, 6) is 2.23. The summed E-state index contributed by atoms with van der Waals surface area (Å²) in [6.45, 7) is 6.17. The average molecular weight is 327 g/mol. The van der Waals surface area contributed by atoms with Crippen molar-refractivity contribution in [1.29, 1.82) is 0 Å². The van der Waals surface area contributed by atoms with Gasteiger partial charge in [0.15, 0.2) is 11.5 Å². The van der Waals surface area contributed by atoms with Gasteiger partial charge in [0.1, 0.15) is 5.82 Å². The van der Waals surface area contributed by atoms with Gasteiger partial charge in [-0.2, -0.15) is 5.10 Å². The number of nitrogens with zero attached hydrogens (tertiary/aromatic N) is 2. The molecule has 0 saturated carbocycles. The largest absolute Gasteiger partial charge is 0.493 e.